The molecule has 0 radical (unpaired) electrons. The van der Waals surface area contributed by atoms with Crippen molar-refractivity contribution in [1.82, 2.24) is 0 Å². The van der Waals surface area contributed by atoms with Crippen molar-refractivity contribution in [3.8, 4) is 5.75 Å². The fraction of sp³-hybridized carbons (Fsp3) is 0.364. The van der Waals surface area contributed by atoms with Crippen LogP contribution in [0.3, 0.4) is 0 Å². The van der Waals surface area contributed by atoms with Crippen LogP contribution in [-0.4, -0.2) is 31.8 Å². The normalized spacial score (nSPS) is 10.1. The highest BCUT2D eigenvalue weighted by molar-refractivity contribution is 6.32. The molecule has 1 aromatic rings. The summed E-state index contributed by atoms with van der Waals surface area (Å²) in [5.74, 6) is 0.178. The fourth-order valence-corrected chi connectivity index (χ4v) is 1.64. The molecule has 16 heavy (non-hydrogen) atoms. The molecule has 0 heterocycles. The molecule has 0 spiro atoms. The van der Waals surface area contributed by atoms with Gasteiger partial charge in [0.2, 0.25) is 0 Å². The van der Waals surface area contributed by atoms with E-state index in [0.29, 0.717) is 16.5 Å². The summed E-state index contributed by atoms with van der Waals surface area (Å²) in [6, 6.07) is 3.39. The molecule has 88 valence electrons. The van der Waals surface area contributed by atoms with Crippen molar-refractivity contribution >= 4 is 23.2 Å². The number of methoxy groups -OCH3 is 1. The number of hydrogen-bond donors (Lipinski definition) is 1. The van der Waals surface area contributed by atoms with Crippen LogP contribution in [0.1, 0.15) is 5.56 Å². The number of ether oxygens (including phenoxy) is 1. The number of amides is 1. The topological polar surface area (TPSA) is 49.8 Å². The summed E-state index contributed by atoms with van der Waals surface area (Å²) in [4.78, 5) is 12.7. The number of rotatable bonds is 3. The van der Waals surface area contributed by atoms with Gasteiger partial charge in [-0.25, -0.2) is 0 Å². The number of carbonyl (C=O) groups excluding carboxylic acids is 1. The molecule has 0 bridgehead atoms. The van der Waals surface area contributed by atoms with Crippen molar-refractivity contribution in [3.63, 3.8) is 0 Å². The standard InChI is InChI=1S/C11H14ClNO3/c1-7-4-10(16-3)8(12)5-9(7)13(2)11(15)6-14/h4-5,14H,6H2,1-3H3. The number of aryl methyl sites for hydroxylation is 1. The Balaban J connectivity index is 3.15. The van der Waals surface area contributed by atoms with E-state index in [9.17, 15) is 4.79 Å². The quantitative estimate of drug-likeness (QED) is 0.878. The van der Waals surface area contributed by atoms with Crippen LogP contribution in [0.2, 0.25) is 5.02 Å². The Morgan fingerprint density at radius 3 is 2.69 bits per heavy atom. The third-order valence-electron chi connectivity index (χ3n) is 2.34. The van der Waals surface area contributed by atoms with Gasteiger partial charge in [-0.1, -0.05) is 11.6 Å². The van der Waals surface area contributed by atoms with Gasteiger partial charge in [0.05, 0.1) is 12.1 Å². The lowest BCUT2D eigenvalue weighted by molar-refractivity contribution is -0.120. The zero-order chi connectivity index (χ0) is 12.3. The molecule has 1 aromatic carbocycles. The average molecular weight is 244 g/mol. The molecule has 0 atom stereocenters. The maximum atomic E-state index is 11.3. The van der Waals surface area contributed by atoms with E-state index in [-0.39, 0.29) is 5.91 Å². The smallest absolute Gasteiger partial charge is 0.252 e. The molecule has 0 saturated heterocycles. The van der Waals surface area contributed by atoms with Crippen LogP contribution >= 0.6 is 11.6 Å². The number of anilines is 1. The predicted octanol–water partition coefficient (Wildman–Crippen LogP) is 1.61. The number of hydrogen-bond acceptors (Lipinski definition) is 3. The van der Waals surface area contributed by atoms with E-state index in [4.69, 9.17) is 21.4 Å². The van der Waals surface area contributed by atoms with E-state index in [2.05, 4.69) is 0 Å². The second-order valence-electron chi connectivity index (χ2n) is 3.38. The molecule has 1 rings (SSSR count). The second kappa shape index (κ2) is 5.18. The number of nitrogens with zero attached hydrogens (tertiary/aromatic N) is 1. The molecule has 0 aliphatic heterocycles. The van der Waals surface area contributed by atoms with Crippen LogP contribution in [0.4, 0.5) is 5.69 Å². The predicted molar refractivity (Wildman–Crippen MR) is 63.2 cm³/mol. The lowest BCUT2D eigenvalue weighted by Gasteiger charge is -2.19. The molecule has 1 amide bonds. The SMILES string of the molecule is COc1cc(C)c(N(C)C(=O)CO)cc1Cl. The molecule has 0 unspecified atom stereocenters. The van der Waals surface area contributed by atoms with Crippen LogP contribution in [-0.2, 0) is 4.79 Å². The molecule has 1 N–H and O–H groups in total. The number of benzene rings is 1. The minimum absolute atomic E-state index is 0.385. The van der Waals surface area contributed by atoms with Gasteiger partial charge < -0.3 is 14.7 Å². The summed E-state index contributed by atoms with van der Waals surface area (Å²) in [6.45, 7) is 1.31. The third-order valence-corrected chi connectivity index (χ3v) is 2.64. The summed E-state index contributed by atoms with van der Waals surface area (Å²) in [6.07, 6.45) is 0. The van der Waals surface area contributed by atoms with Gasteiger partial charge in [-0.2, -0.15) is 0 Å². The molecule has 0 saturated carbocycles. The third kappa shape index (κ3) is 2.46. The van der Waals surface area contributed by atoms with Crippen molar-refractivity contribution in [3.05, 3.63) is 22.7 Å². The monoisotopic (exact) mass is 243 g/mol. The number of aliphatic hydroxyl groups excluding tert-OH is 1. The summed E-state index contributed by atoms with van der Waals surface area (Å²) in [7, 11) is 3.12. The first-order chi connectivity index (χ1) is 7.51. The minimum atomic E-state index is -0.528. The van der Waals surface area contributed by atoms with Gasteiger partial charge in [0.1, 0.15) is 12.4 Å². The van der Waals surface area contributed by atoms with Gasteiger partial charge in [0.25, 0.3) is 5.91 Å². The van der Waals surface area contributed by atoms with E-state index in [1.807, 2.05) is 6.92 Å². The molecule has 0 fully saturated rings. The first-order valence-corrected chi connectivity index (χ1v) is 5.10. The molecule has 4 nitrogen and oxygen atoms in total. The molecule has 5 heteroatoms. The minimum Gasteiger partial charge on any atom is -0.495 e. The largest absolute Gasteiger partial charge is 0.495 e. The Kier molecular flexibility index (Phi) is 4.15. The molecule has 0 aliphatic rings. The Morgan fingerprint density at radius 1 is 1.56 bits per heavy atom. The second-order valence-corrected chi connectivity index (χ2v) is 3.79. The Hall–Kier alpha value is -1.26. The lowest BCUT2D eigenvalue weighted by atomic mass is 10.1. The van der Waals surface area contributed by atoms with Gasteiger partial charge in [-0.05, 0) is 24.6 Å². The zero-order valence-electron chi connectivity index (χ0n) is 9.45. The number of aliphatic hydroxyl groups is 1. The summed E-state index contributed by atoms with van der Waals surface area (Å²) < 4.78 is 5.06. The van der Waals surface area contributed by atoms with E-state index >= 15 is 0 Å². The molecular formula is C11H14ClNO3. The maximum absolute atomic E-state index is 11.3. The fourth-order valence-electron chi connectivity index (χ4n) is 1.40. The van der Waals surface area contributed by atoms with Crippen molar-refractivity contribution in [2.24, 2.45) is 0 Å². The van der Waals surface area contributed by atoms with E-state index in [1.165, 1.54) is 12.0 Å². The van der Waals surface area contributed by atoms with E-state index in [1.54, 1.807) is 19.2 Å². The van der Waals surface area contributed by atoms with Crippen LogP contribution in [0.25, 0.3) is 0 Å². The van der Waals surface area contributed by atoms with Gasteiger partial charge in [-0.15, -0.1) is 0 Å². The Labute approximate surface area is 99.4 Å². The van der Waals surface area contributed by atoms with Crippen molar-refractivity contribution < 1.29 is 14.6 Å². The molecular weight excluding hydrogens is 230 g/mol. The highest BCUT2D eigenvalue weighted by Crippen LogP contribution is 2.32. The average Bonchev–Trinajstić information content (AvgIpc) is 2.29. The van der Waals surface area contributed by atoms with Crippen LogP contribution < -0.4 is 9.64 Å². The highest BCUT2D eigenvalue weighted by Gasteiger charge is 2.14. The van der Waals surface area contributed by atoms with Crippen LogP contribution in [0.5, 0.6) is 5.75 Å². The molecule has 0 aliphatic carbocycles. The Morgan fingerprint density at radius 2 is 2.19 bits per heavy atom. The van der Waals surface area contributed by atoms with E-state index < -0.39 is 6.61 Å². The van der Waals surface area contributed by atoms with Crippen LogP contribution in [0.15, 0.2) is 12.1 Å². The van der Waals surface area contributed by atoms with Gasteiger partial charge in [0, 0.05) is 12.7 Å². The summed E-state index contributed by atoms with van der Waals surface area (Å²) in [5.41, 5.74) is 1.51. The number of likely N-dealkylation sites (N-methyl/N-ethyl adjacent to an activating group) is 1. The number of halogens is 1. The number of carbonyl (C=O) groups is 1. The van der Waals surface area contributed by atoms with E-state index in [0.717, 1.165) is 5.56 Å². The van der Waals surface area contributed by atoms with Gasteiger partial charge >= 0.3 is 0 Å². The maximum Gasteiger partial charge on any atom is 0.252 e. The molecule has 0 aromatic heterocycles. The summed E-state index contributed by atoms with van der Waals surface area (Å²) in [5, 5.41) is 9.21. The van der Waals surface area contributed by atoms with Crippen molar-refractivity contribution in [1.29, 1.82) is 0 Å². The van der Waals surface area contributed by atoms with Gasteiger partial charge in [0.15, 0.2) is 0 Å². The first-order valence-electron chi connectivity index (χ1n) is 4.72. The van der Waals surface area contributed by atoms with Crippen molar-refractivity contribution in [2.45, 2.75) is 6.92 Å². The Bertz CT molecular complexity index is 406. The summed E-state index contributed by atoms with van der Waals surface area (Å²) >= 11 is 5.97. The first kappa shape index (κ1) is 12.8. The highest BCUT2D eigenvalue weighted by atomic mass is 35.5. The van der Waals surface area contributed by atoms with Gasteiger partial charge in [-0.3, -0.25) is 4.79 Å². The lowest BCUT2D eigenvalue weighted by Crippen LogP contribution is -2.29. The van der Waals surface area contributed by atoms with Crippen LogP contribution in [0, 0.1) is 6.92 Å². The zero-order valence-corrected chi connectivity index (χ0v) is 10.2. The van der Waals surface area contributed by atoms with Crippen molar-refractivity contribution in [2.75, 3.05) is 25.7 Å².